The molecule has 3 heteroatoms. The molecule has 2 rings (SSSR count). The summed E-state index contributed by atoms with van der Waals surface area (Å²) in [4.78, 5) is 11.8. The van der Waals surface area contributed by atoms with Gasteiger partial charge in [-0.05, 0) is 24.6 Å². The molecule has 0 aliphatic rings. The van der Waals surface area contributed by atoms with Crippen molar-refractivity contribution in [3.05, 3.63) is 66.2 Å². The van der Waals surface area contributed by atoms with Crippen LogP contribution in [0.4, 0.5) is 5.69 Å². The van der Waals surface area contributed by atoms with Crippen LogP contribution in [-0.4, -0.2) is 12.6 Å². The van der Waals surface area contributed by atoms with E-state index in [-0.39, 0.29) is 12.0 Å². The van der Waals surface area contributed by atoms with Crippen LogP contribution in [0.1, 0.15) is 24.9 Å². The maximum Gasteiger partial charge on any atom is 0.308 e. The predicted octanol–water partition coefficient (Wildman–Crippen LogP) is 3.79. The first kappa shape index (κ1) is 14.1. The zero-order valence-corrected chi connectivity index (χ0v) is 11.6. The van der Waals surface area contributed by atoms with Crippen LogP contribution in [0.5, 0.6) is 0 Å². The van der Waals surface area contributed by atoms with Crippen LogP contribution in [0, 0.1) is 0 Å². The first-order valence-corrected chi connectivity index (χ1v) is 6.81. The van der Waals surface area contributed by atoms with E-state index < -0.39 is 0 Å². The van der Waals surface area contributed by atoms with Gasteiger partial charge in [0.1, 0.15) is 0 Å². The molecule has 0 spiro atoms. The number of anilines is 1. The van der Waals surface area contributed by atoms with Gasteiger partial charge in [0, 0.05) is 5.69 Å². The summed E-state index contributed by atoms with van der Waals surface area (Å²) >= 11 is 0. The van der Waals surface area contributed by atoms with Crippen molar-refractivity contribution in [1.82, 2.24) is 0 Å². The summed E-state index contributed by atoms with van der Waals surface area (Å²) in [5.74, 6) is -0.190. The average molecular weight is 269 g/mol. The summed E-state index contributed by atoms with van der Waals surface area (Å²) in [7, 11) is 0. The van der Waals surface area contributed by atoms with Gasteiger partial charge in [-0.15, -0.1) is 0 Å². The molecule has 0 bridgehead atoms. The van der Waals surface area contributed by atoms with E-state index in [2.05, 4.69) is 5.32 Å². The van der Waals surface area contributed by atoms with E-state index in [0.29, 0.717) is 13.0 Å². The van der Waals surface area contributed by atoms with Crippen molar-refractivity contribution < 1.29 is 9.53 Å². The predicted molar refractivity (Wildman–Crippen MR) is 80.5 cm³/mol. The Kier molecular flexibility index (Phi) is 5.18. The standard InChI is InChI=1S/C17H19NO2/c1-2-20-17(19)13-16(14-9-5-3-6-10-14)18-15-11-7-4-8-12-15/h3-12,16,18H,2,13H2,1H3/t16-/m1/s1. The number of benzene rings is 2. The zero-order chi connectivity index (χ0) is 14.2. The van der Waals surface area contributed by atoms with Crippen LogP contribution in [0.3, 0.4) is 0 Å². The topological polar surface area (TPSA) is 38.3 Å². The number of esters is 1. The van der Waals surface area contributed by atoms with Gasteiger partial charge in [-0.25, -0.2) is 0 Å². The Morgan fingerprint density at radius 1 is 1.05 bits per heavy atom. The molecule has 1 atom stereocenters. The van der Waals surface area contributed by atoms with Crippen LogP contribution in [0.15, 0.2) is 60.7 Å². The number of rotatable bonds is 6. The Morgan fingerprint density at radius 2 is 1.65 bits per heavy atom. The molecule has 0 aromatic heterocycles. The molecule has 0 heterocycles. The molecule has 0 amide bonds. The van der Waals surface area contributed by atoms with Crippen molar-refractivity contribution in [2.45, 2.75) is 19.4 Å². The third kappa shape index (κ3) is 4.12. The number of nitrogens with one attached hydrogen (secondary N) is 1. The van der Waals surface area contributed by atoms with Crippen molar-refractivity contribution in [3.8, 4) is 0 Å². The van der Waals surface area contributed by atoms with E-state index in [9.17, 15) is 4.79 Å². The Balaban J connectivity index is 2.14. The monoisotopic (exact) mass is 269 g/mol. The second-order valence-corrected chi connectivity index (χ2v) is 4.48. The van der Waals surface area contributed by atoms with Gasteiger partial charge in [0.25, 0.3) is 0 Å². The Bertz CT molecular complexity index is 525. The lowest BCUT2D eigenvalue weighted by molar-refractivity contribution is -0.143. The molecule has 0 saturated heterocycles. The van der Waals surface area contributed by atoms with Crippen LogP contribution in [-0.2, 0) is 9.53 Å². The lowest BCUT2D eigenvalue weighted by Gasteiger charge is -2.19. The number of ether oxygens (including phenoxy) is 1. The van der Waals surface area contributed by atoms with Crippen molar-refractivity contribution in [2.24, 2.45) is 0 Å². The molecule has 0 saturated carbocycles. The highest BCUT2D eigenvalue weighted by Crippen LogP contribution is 2.22. The quantitative estimate of drug-likeness (QED) is 0.811. The highest BCUT2D eigenvalue weighted by molar-refractivity contribution is 5.71. The lowest BCUT2D eigenvalue weighted by atomic mass is 10.0. The number of hydrogen-bond acceptors (Lipinski definition) is 3. The summed E-state index contributed by atoms with van der Waals surface area (Å²) in [5.41, 5.74) is 2.06. The summed E-state index contributed by atoms with van der Waals surface area (Å²) in [6.45, 7) is 2.23. The van der Waals surface area contributed by atoms with Crippen LogP contribution < -0.4 is 5.32 Å². The molecule has 20 heavy (non-hydrogen) atoms. The minimum Gasteiger partial charge on any atom is -0.466 e. The van der Waals surface area contributed by atoms with E-state index >= 15 is 0 Å². The molecule has 0 aliphatic carbocycles. The Labute approximate surface area is 119 Å². The van der Waals surface area contributed by atoms with E-state index in [1.54, 1.807) is 0 Å². The normalized spacial score (nSPS) is 11.7. The summed E-state index contributed by atoms with van der Waals surface area (Å²) in [5, 5.41) is 3.38. The third-order valence-electron chi connectivity index (χ3n) is 2.99. The Morgan fingerprint density at radius 3 is 2.25 bits per heavy atom. The number of hydrogen-bond donors (Lipinski definition) is 1. The van der Waals surface area contributed by atoms with Gasteiger partial charge in [0.15, 0.2) is 0 Å². The van der Waals surface area contributed by atoms with Crippen molar-refractivity contribution in [2.75, 3.05) is 11.9 Å². The Hall–Kier alpha value is -2.29. The molecule has 3 nitrogen and oxygen atoms in total. The third-order valence-corrected chi connectivity index (χ3v) is 2.99. The van der Waals surface area contributed by atoms with Crippen LogP contribution in [0.25, 0.3) is 0 Å². The highest BCUT2D eigenvalue weighted by Gasteiger charge is 2.16. The SMILES string of the molecule is CCOC(=O)C[C@@H](Nc1ccccc1)c1ccccc1. The van der Waals surface area contributed by atoms with Crippen LogP contribution in [0.2, 0.25) is 0 Å². The van der Waals surface area contributed by atoms with Gasteiger partial charge >= 0.3 is 5.97 Å². The lowest BCUT2D eigenvalue weighted by Crippen LogP contribution is -2.17. The first-order chi connectivity index (χ1) is 9.79. The number of carbonyl (C=O) groups is 1. The van der Waals surface area contributed by atoms with Crippen molar-refractivity contribution in [3.63, 3.8) is 0 Å². The van der Waals surface area contributed by atoms with Gasteiger partial charge in [0.2, 0.25) is 0 Å². The van der Waals surface area contributed by atoms with Gasteiger partial charge in [0.05, 0.1) is 19.1 Å². The molecule has 0 fully saturated rings. The van der Waals surface area contributed by atoms with E-state index in [1.807, 2.05) is 67.6 Å². The van der Waals surface area contributed by atoms with Crippen molar-refractivity contribution >= 4 is 11.7 Å². The maximum atomic E-state index is 11.8. The smallest absolute Gasteiger partial charge is 0.308 e. The fraction of sp³-hybridized carbons (Fsp3) is 0.235. The first-order valence-electron chi connectivity index (χ1n) is 6.81. The number of carbonyl (C=O) groups excluding carboxylic acids is 1. The molecular formula is C17H19NO2. The fourth-order valence-corrected chi connectivity index (χ4v) is 2.06. The summed E-state index contributed by atoms with van der Waals surface area (Å²) < 4.78 is 5.05. The van der Waals surface area contributed by atoms with E-state index in [0.717, 1.165) is 11.3 Å². The minimum atomic E-state index is -0.190. The molecule has 0 aliphatic heterocycles. The van der Waals surface area contributed by atoms with Crippen molar-refractivity contribution in [1.29, 1.82) is 0 Å². The maximum absolute atomic E-state index is 11.8. The highest BCUT2D eigenvalue weighted by atomic mass is 16.5. The molecule has 0 unspecified atom stereocenters. The molecule has 2 aromatic rings. The molecule has 1 N–H and O–H groups in total. The molecular weight excluding hydrogens is 250 g/mol. The summed E-state index contributed by atoms with van der Waals surface area (Å²) in [6, 6.07) is 19.7. The van der Waals surface area contributed by atoms with Gasteiger partial charge in [-0.1, -0.05) is 48.5 Å². The molecule has 2 aromatic carbocycles. The van der Waals surface area contributed by atoms with E-state index in [4.69, 9.17) is 4.74 Å². The average Bonchev–Trinajstić information content (AvgIpc) is 2.49. The fourth-order valence-electron chi connectivity index (χ4n) is 2.06. The van der Waals surface area contributed by atoms with E-state index in [1.165, 1.54) is 0 Å². The van der Waals surface area contributed by atoms with Gasteiger partial charge in [-0.2, -0.15) is 0 Å². The minimum absolute atomic E-state index is 0.0855. The largest absolute Gasteiger partial charge is 0.466 e. The zero-order valence-electron chi connectivity index (χ0n) is 11.6. The second kappa shape index (κ2) is 7.34. The molecule has 104 valence electrons. The molecule has 0 radical (unpaired) electrons. The van der Waals surface area contributed by atoms with Crippen LogP contribution >= 0.6 is 0 Å². The van der Waals surface area contributed by atoms with Gasteiger partial charge in [-0.3, -0.25) is 4.79 Å². The number of para-hydroxylation sites is 1. The summed E-state index contributed by atoms with van der Waals surface area (Å²) in [6.07, 6.45) is 0.312. The van der Waals surface area contributed by atoms with Gasteiger partial charge < -0.3 is 10.1 Å². The second-order valence-electron chi connectivity index (χ2n) is 4.48.